The topological polar surface area (TPSA) is 80.3 Å². The molecule has 6 nitrogen and oxygen atoms in total. The van der Waals surface area contributed by atoms with Gasteiger partial charge in [0.25, 0.3) is 5.91 Å². The molecule has 0 saturated heterocycles. The van der Waals surface area contributed by atoms with E-state index in [1.54, 1.807) is 30.5 Å². The molecule has 1 amide bonds. The molecule has 0 unspecified atom stereocenters. The van der Waals surface area contributed by atoms with Crippen molar-refractivity contribution >= 4 is 18.0 Å². The summed E-state index contributed by atoms with van der Waals surface area (Å²) < 4.78 is 5.36. The van der Waals surface area contributed by atoms with Gasteiger partial charge in [-0.1, -0.05) is 18.2 Å². The molecule has 0 aliphatic carbocycles. The molecule has 0 bridgehead atoms. The molecular formula is C18H21N3O3. The highest BCUT2D eigenvalue weighted by Crippen LogP contribution is 2.15. The number of benzene rings is 1. The van der Waals surface area contributed by atoms with Gasteiger partial charge >= 0.3 is 0 Å². The van der Waals surface area contributed by atoms with Gasteiger partial charge < -0.3 is 15.4 Å². The second kappa shape index (κ2) is 9.99. The fraction of sp³-hybridized carbons (Fsp3) is 0.278. The predicted molar refractivity (Wildman–Crippen MR) is 92.3 cm³/mol. The predicted octanol–water partition coefficient (Wildman–Crippen LogP) is 2.28. The zero-order valence-corrected chi connectivity index (χ0v) is 13.4. The molecule has 0 aliphatic heterocycles. The first-order valence-corrected chi connectivity index (χ1v) is 7.88. The normalized spacial score (nSPS) is 10.0. The molecule has 1 heterocycles. The molecule has 0 atom stereocenters. The Hall–Kier alpha value is -2.89. The molecule has 2 N–H and O–H groups in total. The number of aldehydes is 1. The maximum atomic E-state index is 11.7. The van der Waals surface area contributed by atoms with Crippen LogP contribution >= 0.6 is 0 Å². The van der Waals surface area contributed by atoms with Crippen molar-refractivity contribution in [1.82, 2.24) is 10.3 Å². The van der Waals surface area contributed by atoms with E-state index in [4.69, 9.17) is 4.74 Å². The van der Waals surface area contributed by atoms with Gasteiger partial charge in [-0.15, -0.1) is 0 Å². The Kier molecular flexibility index (Phi) is 7.27. The number of anilines is 1. The van der Waals surface area contributed by atoms with Crippen molar-refractivity contribution in [3.8, 4) is 5.75 Å². The van der Waals surface area contributed by atoms with Crippen molar-refractivity contribution in [1.29, 1.82) is 0 Å². The number of pyridine rings is 1. The first-order valence-electron chi connectivity index (χ1n) is 7.88. The van der Waals surface area contributed by atoms with Crippen molar-refractivity contribution < 1.29 is 14.3 Å². The van der Waals surface area contributed by atoms with Crippen LogP contribution in [0.25, 0.3) is 0 Å². The van der Waals surface area contributed by atoms with E-state index in [-0.39, 0.29) is 12.5 Å². The number of nitrogens with zero attached hydrogens (tertiary/aromatic N) is 1. The fourth-order valence-corrected chi connectivity index (χ4v) is 2.07. The minimum absolute atomic E-state index is 0.100. The van der Waals surface area contributed by atoms with Crippen molar-refractivity contribution in [2.75, 3.05) is 25.0 Å². The maximum absolute atomic E-state index is 11.7. The Labute approximate surface area is 141 Å². The summed E-state index contributed by atoms with van der Waals surface area (Å²) in [6.07, 6.45) is 4.23. The summed E-state index contributed by atoms with van der Waals surface area (Å²) in [6.45, 7) is 1.29. The van der Waals surface area contributed by atoms with Crippen LogP contribution < -0.4 is 15.4 Å². The van der Waals surface area contributed by atoms with Crippen LogP contribution in [0, 0.1) is 0 Å². The average Bonchev–Trinajstić information content (AvgIpc) is 2.64. The summed E-state index contributed by atoms with van der Waals surface area (Å²) in [7, 11) is 0. The second-order valence-electron chi connectivity index (χ2n) is 5.14. The lowest BCUT2D eigenvalue weighted by Gasteiger charge is -2.09. The monoisotopic (exact) mass is 327 g/mol. The number of carbonyl (C=O) groups excluding carboxylic acids is 2. The van der Waals surface area contributed by atoms with Gasteiger partial charge in [-0.05, 0) is 37.1 Å². The largest absolute Gasteiger partial charge is 0.483 e. The van der Waals surface area contributed by atoms with Crippen molar-refractivity contribution in [2.45, 2.75) is 12.8 Å². The Bertz CT molecular complexity index is 647. The van der Waals surface area contributed by atoms with Gasteiger partial charge in [0.05, 0.1) is 5.56 Å². The smallest absolute Gasteiger partial charge is 0.257 e. The number of carbonyl (C=O) groups is 2. The number of unbranched alkanes of at least 4 members (excludes halogenated alkanes) is 1. The Morgan fingerprint density at radius 2 is 1.88 bits per heavy atom. The van der Waals surface area contributed by atoms with Crippen LogP contribution in [-0.2, 0) is 4.79 Å². The quantitative estimate of drug-likeness (QED) is 0.517. The van der Waals surface area contributed by atoms with Crippen LogP contribution in [0.15, 0.2) is 48.7 Å². The highest BCUT2D eigenvalue weighted by Gasteiger charge is 2.05. The SMILES string of the molecule is O=Cc1ccccc1OCC(=O)NCCCCNc1ccccn1. The van der Waals surface area contributed by atoms with Gasteiger partial charge in [-0.25, -0.2) is 4.98 Å². The first-order chi connectivity index (χ1) is 11.8. The highest BCUT2D eigenvalue weighted by atomic mass is 16.5. The van der Waals surface area contributed by atoms with Gasteiger partial charge in [0.15, 0.2) is 12.9 Å². The summed E-state index contributed by atoms with van der Waals surface area (Å²) in [5, 5.41) is 6.00. The third kappa shape index (κ3) is 6.08. The number of rotatable bonds is 10. The minimum Gasteiger partial charge on any atom is -0.483 e. The summed E-state index contributed by atoms with van der Waals surface area (Å²) >= 11 is 0. The van der Waals surface area contributed by atoms with E-state index >= 15 is 0 Å². The van der Waals surface area contributed by atoms with E-state index in [0.717, 1.165) is 25.2 Å². The van der Waals surface area contributed by atoms with Crippen LogP contribution in [0.3, 0.4) is 0 Å². The average molecular weight is 327 g/mol. The van der Waals surface area contributed by atoms with Gasteiger partial charge in [-0.3, -0.25) is 9.59 Å². The van der Waals surface area contributed by atoms with Crippen molar-refractivity contribution in [3.63, 3.8) is 0 Å². The Morgan fingerprint density at radius 1 is 1.08 bits per heavy atom. The molecule has 0 fully saturated rings. The number of aromatic nitrogens is 1. The van der Waals surface area contributed by atoms with Crippen LogP contribution in [0.2, 0.25) is 0 Å². The molecule has 0 radical (unpaired) electrons. The number of para-hydroxylation sites is 1. The van der Waals surface area contributed by atoms with Crippen LogP contribution in [0.4, 0.5) is 5.82 Å². The molecule has 1 aromatic carbocycles. The van der Waals surface area contributed by atoms with E-state index < -0.39 is 0 Å². The molecule has 2 rings (SSSR count). The zero-order chi connectivity index (χ0) is 17.0. The highest BCUT2D eigenvalue weighted by molar-refractivity contribution is 5.80. The molecule has 0 saturated carbocycles. The summed E-state index contributed by atoms with van der Waals surface area (Å²) in [5.74, 6) is 1.07. The van der Waals surface area contributed by atoms with Crippen molar-refractivity contribution in [3.05, 3.63) is 54.2 Å². The number of amides is 1. The van der Waals surface area contributed by atoms with E-state index in [1.807, 2.05) is 18.2 Å². The van der Waals surface area contributed by atoms with E-state index in [1.165, 1.54) is 0 Å². The third-order valence-electron chi connectivity index (χ3n) is 3.30. The zero-order valence-electron chi connectivity index (χ0n) is 13.4. The molecule has 0 spiro atoms. The Morgan fingerprint density at radius 3 is 2.67 bits per heavy atom. The van der Waals surface area contributed by atoms with Gasteiger partial charge in [0.2, 0.25) is 0 Å². The molecular weight excluding hydrogens is 306 g/mol. The van der Waals surface area contributed by atoms with Gasteiger partial charge in [0.1, 0.15) is 11.6 Å². The van der Waals surface area contributed by atoms with Gasteiger partial charge in [-0.2, -0.15) is 0 Å². The lowest BCUT2D eigenvalue weighted by molar-refractivity contribution is -0.123. The van der Waals surface area contributed by atoms with E-state index in [2.05, 4.69) is 15.6 Å². The van der Waals surface area contributed by atoms with Gasteiger partial charge in [0, 0.05) is 19.3 Å². The summed E-state index contributed by atoms with van der Waals surface area (Å²) in [4.78, 5) is 26.7. The molecule has 24 heavy (non-hydrogen) atoms. The Balaban J connectivity index is 1.56. The third-order valence-corrected chi connectivity index (χ3v) is 3.30. The summed E-state index contributed by atoms with van der Waals surface area (Å²) in [6, 6.07) is 12.5. The van der Waals surface area contributed by atoms with Crippen molar-refractivity contribution in [2.24, 2.45) is 0 Å². The molecule has 2 aromatic rings. The first kappa shape index (κ1) is 17.5. The summed E-state index contributed by atoms with van der Waals surface area (Å²) in [5.41, 5.74) is 0.436. The van der Waals surface area contributed by atoms with Crippen LogP contribution in [-0.4, -0.2) is 36.9 Å². The lowest BCUT2D eigenvalue weighted by Crippen LogP contribution is -2.30. The molecule has 0 aliphatic rings. The van der Waals surface area contributed by atoms with E-state index in [9.17, 15) is 9.59 Å². The number of hydrogen-bond acceptors (Lipinski definition) is 5. The maximum Gasteiger partial charge on any atom is 0.257 e. The number of ether oxygens (including phenoxy) is 1. The lowest BCUT2D eigenvalue weighted by atomic mass is 10.2. The fourth-order valence-electron chi connectivity index (χ4n) is 2.07. The van der Waals surface area contributed by atoms with Crippen LogP contribution in [0.1, 0.15) is 23.2 Å². The molecule has 1 aromatic heterocycles. The molecule has 6 heteroatoms. The minimum atomic E-state index is -0.201. The standard InChI is InChI=1S/C18H21N3O3/c22-13-15-7-1-2-8-16(15)24-14-18(23)21-12-6-5-11-20-17-9-3-4-10-19-17/h1-4,7-10,13H,5-6,11-12,14H2,(H,19,20)(H,21,23). The molecule has 126 valence electrons. The van der Waals surface area contributed by atoms with Crippen LogP contribution in [0.5, 0.6) is 5.75 Å². The second-order valence-corrected chi connectivity index (χ2v) is 5.14. The number of hydrogen-bond donors (Lipinski definition) is 2. The number of nitrogens with one attached hydrogen (secondary N) is 2. The van der Waals surface area contributed by atoms with E-state index in [0.29, 0.717) is 24.1 Å².